The summed E-state index contributed by atoms with van der Waals surface area (Å²) in [6.07, 6.45) is 2.53. The second-order valence-electron chi connectivity index (χ2n) is 4.23. The third kappa shape index (κ3) is 3.38. The number of hydrogen-bond acceptors (Lipinski definition) is 4. The molecule has 2 rings (SSSR count). The van der Waals surface area contributed by atoms with Crippen molar-refractivity contribution < 1.29 is 5.11 Å². The number of thiazole rings is 1. The van der Waals surface area contributed by atoms with Gasteiger partial charge in [-0.05, 0) is 18.9 Å². The summed E-state index contributed by atoms with van der Waals surface area (Å²) in [4.78, 5) is 4.32. The van der Waals surface area contributed by atoms with Gasteiger partial charge in [0.2, 0.25) is 0 Å². The minimum atomic E-state index is 0.162. The summed E-state index contributed by atoms with van der Waals surface area (Å²) in [6, 6.07) is 10.6. The molecule has 0 radical (unpaired) electrons. The number of benzene rings is 1. The Kier molecular flexibility index (Phi) is 4.87. The van der Waals surface area contributed by atoms with Crippen LogP contribution in [0, 0.1) is 0 Å². The predicted molar refractivity (Wildman–Crippen MR) is 74.6 cm³/mol. The standard InChI is InChI=1S/C14H18N2OS/c1-11(14-15-8-10-18-14)16-13(7-9-17)12-5-3-2-4-6-12/h2-6,8,10-11,13,16-17H,7,9H2,1H3/t11?,13-/m1/s1. The first-order valence-corrected chi connectivity index (χ1v) is 7.00. The maximum atomic E-state index is 9.19. The van der Waals surface area contributed by atoms with E-state index in [9.17, 15) is 5.11 Å². The van der Waals surface area contributed by atoms with E-state index in [1.807, 2.05) is 29.8 Å². The smallest absolute Gasteiger partial charge is 0.109 e. The largest absolute Gasteiger partial charge is 0.396 e. The van der Waals surface area contributed by atoms with Crippen molar-refractivity contribution >= 4 is 11.3 Å². The van der Waals surface area contributed by atoms with Crippen LogP contribution < -0.4 is 5.32 Å². The highest BCUT2D eigenvalue weighted by Crippen LogP contribution is 2.22. The van der Waals surface area contributed by atoms with E-state index in [4.69, 9.17) is 0 Å². The number of aromatic nitrogens is 1. The molecule has 0 fully saturated rings. The minimum absolute atomic E-state index is 0.162. The van der Waals surface area contributed by atoms with Crippen LogP contribution >= 0.6 is 11.3 Å². The summed E-state index contributed by atoms with van der Waals surface area (Å²) < 4.78 is 0. The SMILES string of the molecule is CC(N[C@H](CCO)c1ccccc1)c1nccs1. The lowest BCUT2D eigenvalue weighted by Crippen LogP contribution is -2.25. The molecule has 0 amide bonds. The Bertz CT molecular complexity index is 444. The molecule has 0 aliphatic rings. The van der Waals surface area contributed by atoms with Gasteiger partial charge in [-0.25, -0.2) is 4.98 Å². The fourth-order valence-electron chi connectivity index (χ4n) is 1.98. The van der Waals surface area contributed by atoms with Crippen molar-refractivity contribution in [1.29, 1.82) is 0 Å². The zero-order valence-corrected chi connectivity index (χ0v) is 11.2. The maximum Gasteiger partial charge on any atom is 0.109 e. The molecule has 2 N–H and O–H groups in total. The summed E-state index contributed by atoms with van der Waals surface area (Å²) in [7, 11) is 0. The van der Waals surface area contributed by atoms with E-state index in [0.717, 1.165) is 5.01 Å². The van der Waals surface area contributed by atoms with Crippen LogP contribution in [-0.4, -0.2) is 16.7 Å². The first-order valence-electron chi connectivity index (χ1n) is 6.12. The highest BCUT2D eigenvalue weighted by Gasteiger charge is 2.16. The van der Waals surface area contributed by atoms with Crippen LogP contribution in [0.2, 0.25) is 0 Å². The Labute approximate surface area is 112 Å². The van der Waals surface area contributed by atoms with E-state index in [1.165, 1.54) is 5.56 Å². The third-order valence-electron chi connectivity index (χ3n) is 2.89. The quantitative estimate of drug-likeness (QED) is 0.841. The second kappa shape index (κ2) is 6.64. The average Bonchev–Trinajstić information content (AvgIpc) is 2.93. The van der Waals surface area contributed by atoms with Crippen molar-refractivity contribution in [2.24, 2.45) is 0 Å². The third-order valence-corrected chi connectivity index (χ3v) is 3.85. The van der Waals surface area contributed by atoms with Gasteiger partial charge in [0.15, 0.2) is 0 Å². The van der Waals surface area contributed by atoms with E-state index in [1.54, 1.807) is 11.3 Å². The highest BCUT2D eigenvalue weighted by atomic mass is 32.1. The average molecular weight is 262 g/mol. The number of nitrogens with zero attached hydrogens (tertiary/aromatic N) is 1. The molecule has 2 atom stereocenters. The number of aliphatic hydroxyl groups is 1. The highest BCUT2D eigenvalue weighted by molar-refractivity contribution is 7.09. The fourth-order valence-corrected chi connectivity index (χ4v) is 2.64. The molecule has 96 valence electrons. The zero-order valence-electron chi connectivity index (χ0n) is 10.4. The van der Waals surface area contributed by atoms with Crippen LogP contribution in [-0.2, 0) is 0 Å². The van der Waals surface area contributed by atoms with Gasteiger partial charge in [0.1, 0.15) is 5.01 Å². The molecule has 18 heavy (non-hydrogen) atoms. The lowest BCUT2D eigenvalue weighted by Gasteiger charge is -2.22. The molecule has 1 aromatic carbocycles. The first-order chi connectivity index (χ1) is 8.81. The molecule has 0 aliphatic carbocycles. The Morgan fingerprint density at radius 3 is 2.72 bits per heavy atom. The Balaban J connectivity index is 2.07. The second-order valence-corrected chi connectivity index (χ2v) is 5.16. The van der Waals surface area contributed by atoms with Gasteiger partial charge in [0.05, 0.1) is 6.04 Å². The molecule has 0 saturated carbocycles. The van der Waals surface area contributed by atoms with Crippen molar-refractivity contribution in [2.75, 3.05) is 6.61 Å². The first kappa shape index (κ1) is 13.2. The molecule has 2 aromatic rings. The van der Waals surface area contributed by atoms with Crippen molar-refractivity contribution in [3.8, 4) is 0 Å². The van der Waals surface area contributed by atoms with Gasteiger partial charge >= 0.3 is 0 Å². The van der Waals surface area contributed by atoms with Gasteiger partial charge in [-0.15, -0.1) is 11.3 Å². The summed E-state index contributed by atoms with van der Waals surface area (Å²) in [5, 5.41) is 15.8. The van der Waals surface area contributed by atoms with E-state index in [2.05, 4.69) is 29.4 Å². The Morgan fingerprint density at radius 1 is 1.33 bits per heavy atom. The van der Waals surface area contributed by atoms with Crippen LogP contribution in [0.25, 0.3) is 0 Å². The van der Waals surface area contributed by atoms with E-state index < -0.39 is 0 Å². The fraction of sp³-hybridized carbons (Fsp3) is 0.357. The van der Waals surface area contributed by atoms with Gasteiger partial charge < -0.3 is 10.4 Å². The predicted octanol–water partition coefficient (Wildman–Crippen LogP) is 2.92. The Hall–Kier alpha value is -1.23. The van der Waals surface area contributed by atoms with Gasteiger partial charge in [-0.3, -0.25) is 0 Å². The summed E-state index contributed by atoms with van der Waals surface area (Å²) in [6.45, 7) is 2.28. The van der Waals surface area contributed by atoms with Crippen molar-refractivity contribution in [2.45, 2.75) is 25.4 Å². The van der Waals surface area contributed by atoms with Crippen LogP contribution in [0.1, 0.15) is 36.0 Å². The molecular weight excluding hydrogens is 244 g/mol. The van der Waals surface area contributed by atoms with Gasteiger partial charge in [-0.2, -0.15) is 0 Å². The van der Waals surface area contributed by atoms with Crippen molar-refractivity contribution in [1.82, 2.24) is 10.3 Å². The lowest BCUT2D eigenvalue weighted by atomic mass is 10.0. The maximum absolute atomic E-state index is 9.19. The molecular formula is C14H18N2OS. The van der Waals surface area contributed by atoms with Crippen molar-refractivity contribution in [3.63, 3.8) is 0 Å². The Morgan fingerprint density at radius 2 is 2.11 bits per heavy atom. The topological polar surface area (TPSA) is 45.1 Å². The van der Waals surface area contributed by atoms with Crippen LogP contribution in [0.4, 0.5) is 0 Å². The molecule has 1 aromatic heterocycles. The molecule has 0 spiro atoms. The number of nitrogens with one attached hydrogen (secondary N) is 1. The molecule has 4 heteroatoms. The van der Waals surface area contributed by atoms with Crippen LogP contribution in [0.5, 0.6) is 0 Å². The van der Waals surface area contributed by atoms with Crippen LogP contribution in [0.15, 0.2) is 41.9 Å². The molecule has 0 bridgehead atoms. The van der Waals surface area contributed by atoms with Crippen LogP contribution in [0.3, 0.4) is 0 Å². The molecule has 1 unspecified atom stereocenters. The monoisotopic (exact) mass is 262 g/mol. The van der Waals surface area contributed by atoms with Gasteiger partial charge in [0.25, 0.3) is 0 Å². The van der Waals surface area contributed by atoms with E-state index in [-0.39, 0.29) is 18.7 Å². The summed E-state index contributed by atoms with van der Waals surface area (Å²) in [5.41, 5.74) is 1.20. The summed E-state index contributed by atoms with van der Waals surface area (Å²) >= 11 is 1.65. The molecule has 0 saturated heterocycles. The van der Waals surface area contributed by atoms with Crippen molar-refractivity contribution in [3.05, 3.63) is 52.5 Å². The lowest BCUT2D eigenvalue weighted by molar-refractivity contribution is 0.260. The normalized spacial score (nSPS) is 14.3. The van der Waals surface area contributed by atoms with Gasteiger partial charge in [-0.1, -0.05) is 30.3 Å². The molecule has 0 aliphatic heterocycles. The molecule has 3 nitrogen and oxygen atoms in total. The minimum Gasteiger partial charge on any atom is -0.396 e. The van der Waals surface area contributed by atoms with Gasteiger partial charge in [0, 0.05) is 24.2 Å². The molecule has 1 heterocycles. The van der Waals surface area contributed by atoms with E-state index in [0.29, 0.717) is 6.42 Å². The number of rotatable bonds is 6. The number of hydrogen-bond donors (Lipinski definition) is 2. The summed E-state index contributed by atoms with van der Waals surface area (Å²) in [5.74, 6) is 0. The van der Waals surface area contributed by atoms with E-state index >= 15 is 0 Å². The number of aliphatic hydroxyl groups excluding tert-OH is 1. The zero-order chi connectivity index (χ0) is 12.8.